The summed E-state index contributed by atoms with van der Waals surface area (Å²) < 4.78 is 5.42. The number of Topliss-reactive ketones (excluding diaryl/α,β-unsaturated/α-hetero) is 2. The summed E-state index contributed by atoms with van der Waals surface area (Å²) in [6.07, 6.45) is 1.71. The van der Waals surface area contributed by atoms with E-state index in [0.29, 0.717) is 24.2 Å². The van der Waals surface area contributed by atoms with Gasteiger partial charge in [-0.1, -0.05) is 27.7 Å². The average molecular weight is 276 g/mol. The summed E-state index contributed by atoms with van der Waals surface area (Å²) in [5, 5.41) is 0. The van der Waals surface area contributed by atoms with E-state index < -0.39 is 11.4 Å². The van der Waals surface area contributed by atoms with E-state index in [-0.39, 0.29) is 35.2 Å². The maximum Gasteiger partial charge on any atom is 0.332 e. The second kappa shape index (κ2) is 3.60. The van der Waals surface area contributed by atoms with Crippen molar-refractivity contribution < 1.29 is 19.1 Å². The fourth-order valence-electron chi connectivity index (χ4n) is 3.89. The van der Waals surface area contributed by atoms with Crippen LogP contribution in [0.15, 0.2) is 11.3 Å². The lowest BCUT2D eigenvalue weighted by atomic mass is 9.73. The third kappa shape index (κ3) is 1.63. The molecular weight excluding hydrogens is 256 g/mol. The third-order valence-corrected chi connectivity index (χ3v) is 4.72. The monoisotopic (exact) mass is 276 g/mol. The minimum atomic E-state index is -1.55. The molecule has 4 nitrogen and oxygen atoms in total. The summed E-state index contributed by atoms with van der Waals surface area (Å²) in [4.78, 5) is 37.6. The molecule has 3 rings (SSSR count). The van der Waals surface area contributed by atoms with Gasteiger partial charge in [-0.25, -0.2) is 0 Å². The highest BCUT2D eigenvalue weighted by molar-refractivity contribution is 6.29. The van der Waals surface area contributed by atoms with E-state index >= 15 is 0 Å². The van der Waals surface area contributed by atoms with Crippen LogP contribution in [-0.2, 0) is 19.1 Å². The summed E-state index contributed by atoms with van der Waals surface area (Å²) in [6, 6.07) is 0. The summed E-state index contributed by atoms with van der Waals surface area (Å²) in [7, 11) is 0. The van der Waals surface area contributed by atoms with E-state index in [0.717, 1.165) is 0 Å². The number of ketones is 2. The molecule has 0 aromatic rings. The van der Waals surface area contributed by atoms with Crippen LogP contribution in [0.4, 0.5) is 0 Å². The highest BCUT2D eigenvalue weighted by atomic mass is 16.5. The van der Waals surface area contributed by atoms with Crippen molar-refractivity contribution >= 4 is 17.5 Å². The Hall–Kier alpha value is -1.45. The Kier molecular flexibility index (Phi) is 2.43. The SMILES string of the molecule is CC1(C)CC2=C(C1)C(=O)C1(CC(C)(C)CC1=O)C(=O)O2. The molecule has 0 bridgehead atoms. The van der Waals surface area contributed by atoms with Crippen LogP contribution in [0.5, 0.6) is 0 Å². The van der Waals surface area contributed by atoms with Crippen molar-refractivity contribution in [1.29, 1.82) is 0 Å². The molecule has 2 aliphatic carbocycles. The molecule has 1 unspecified atom stereocenters. The Morgan fingerprint density at radius 1 is 0.900 bits per heavy atom. The second-order valence-electron chi connectivity index (χ2n) is 7.98. The first-order valence-corrected chi connectivity index (χ1v) is 7.10. The number of hydrogen-bond acceptors (Lipinski definition) is 4. The number of carbonyl (C=O) groups excluding carboxylic acids is 3. The Morgan fingerprint density at radius 2 is 1.55 bits per heavy atom. The molecule has 1 heterocycles. The van der Waals surface area contributed by atoms with Gasteiger partial charge in [-0.15, -0.1) is 0 Å². The lowest BCUT2D eigenvalue weighted by Crippen LogP contribution is -2.47. The van der Waals surface area contributed by atoms with Crippen molar-refractivity contribution in [2.45, 2.75) is 53.4 Å². The first kappa shape index (κ1) is 13.5. The molecule has 1 saturated carbocycles. The van der Waals surface area contributed by atoms with Crippen LogP contribution in [0, 0.1) is 16.2 Å². The van der Waals surface area contributed by atoms with Gasteiger partial charge < -0.3 is 4.74 Å². The molecule has 0 radical (unpaired) electrons. The van der Waals surface area contributed by atoms with E-state index in [1.54, 1.807) is 0 Å². The molecule has 0 N–H and O–H groups in total. The number of esters is 1. The highest BCUT2D eigenvalue weighted by Gasteiger charge is 2.65. The number of rotatable bonds is 0. The fraction of sp³-hybridized carbons (Fsp3) is 0.688. The summed E-state index contributed by atoms with van der Waals surface area (Å²) in [5.41, 5.74) is -1.38. The van der Waals surface area contributed by atoms with E-state index in [1.807, 2.05) is 27.7 Å². The lowest BCUT2D eigenvalue weighted by Gasteiger charge is -2.30. The van der Waals surface area contributed by atoms with Crippen LogP contribution in [0.1, 0.15) is 53.4 Å². The molecule has 1 fully saturated rings. The van der Waals surface area contributed by atoms with Crippen LogP contribution < -0.4 is 0 Å². The number of hydrogen-bond donors (Lipinski definition) is 0. The Balaban J connectivity index is 2.07. The molecule has 108 valence electrons. The molecule has 3 aliphatic rings. The van der Waals surface area contributed by atoms with E-state index in [4.69, 9.17) is 4.74 Å². The van der Waals surface area contributed by atoms with Crippen molar-refractivity contribution in [2.75, 3.05) is 0 Å². The highest BCUT2D eigenvalue weighted by Crippen LogP contribution is 2.55. The molecule has 1 aliphatic heterocycles. The van der Waals surface area contributed by atoms with Crippen molar-refractivity contribution in [3.8, 4) is 0 Å². The number of allylic oxidation sites excluding steroid dienone is 2. The topological polar surface area (TPSA) is 60.4 Å². The molecule has 20 heavy (non-hydrogen) atoms. The second-order valence-corrected chi connectivity index (χ2v) is 7.98. The van der Waals surface area contributed by atoms with Gasteiger partial charge in [0.25, 0.3) is 0 Å². The first-order chi connectivity index (χ1) is 9.07. The van der Waals surface area contributed by atoms with Crippen LogP contribution in [0.2, 0.25) is 0 Å². The zero-order chi connectivity index (χ0) is 14.9. The zero-order valence-corrected chi connectivity index (χ0v) is 12.5. The lowest BCUT2D eigenvalue weighted by molar-refractivity contribution is -0.161. The van der Waals surface area contributed by atoms with Gasteiger partial charge in [-0.05, 0) is 23.7 Å². The molecule has 0 saturated heterocycles. The maximum absolute atomic E-state index is 12.8. The first-order valence-electron chi connectivity index (χ1n) is 7.10. The Morgan fingerprint density at radius 3 is 2.10 bits per heavy atom. The quantitative estimate of drug-likeness (QED) is 0.504. The van der Waals surface area contributed by atoms with Crippen molar-refractivity contribution in [1.82, 2.24) is 0 Å². The molecular formula is C16H20O4. The van der Waals surface area contributed by atoms with Crippen LogP contribution >= 0.6 is 0 Å². The molecule has 1 atom stereocenters. The summed E-state index contributed by atoms with van der Waals surface area (Å²) >= 11 is 0. The van der Waals surface area contributed by atoms with Gasteiger partial charge in [0, 0.05) is 18.4 Å². The van der Waals surface area contributed by atoms with E-state index in [9.17, 15) is 14.4 Å². The Labute approximate surface area is 118 Å². The van der Waals surface area contributed by atoms with Crippen molar-refractivity contribution in [3.05, 3.63) is 11.3 Å². The zero-order valence-electron chi connectivity index (χ0n) is 12.5. The molecule has 1 spiro atoms. The average Bonchev–Trinajstić information content (AvgIpc) is 2.70. The predicted molar refractivity (Wildman–Crippen MR) is 71.6 cm³/mol. The van der Waals surface area contributed by atoms with Crippen LogP contribution in [0.3, 0.4) is 0 Å². The van der Waals surface area contributed by atoms with Gasteiger partial charge in [0.1, 0.15) is 5.76 Å². The molecule has 0 aromatic heterocycles. The minimum absolute atomic E-state index is 0.0801. The van der Waals surface area contributed by atoms with Crippen LogP contribution in [0.25, 0.3) is 0 Å². The predicted octanol–water partition coefficient (Wildman–Crippen LogP) is 2.56. The van der Waals surface area contributed by atoms with Gasteiger partial charge in [-0.3, -0.25) is 14.4 Å². The van der Waals surface area contributed by atoms with Gasteiger partial charge in [0.2, 0.25) is 0 Å². The van der Waals surface area contributed by atoms with Crippen molar-refractivity contribution in [2.24, 2.45) is 16.2 Å². The van der Waals surface area contributed by atoms with Gasteiger partial charge in [0.05, 0.1) is 0 Å². The van der Waals surface area contributed by atoms with E-state index in [1.165, 1.54) is 0 Å². The molecule has 0 amide bonds. The number of carbonyl (C=O) groups is 3. The minimum Gasteiger partial charge on any atom is -0.430 e. The third-order valence-electron chi connectivity index (χ3n) is 4.72. The van der Waals surface area contributed by atoms with Gasteiger partial charge in [0.15, 0.2) is 17.0 Å². The largest absolute Gasteiger partial charge is 0.430 e. The standard InChI is InChI=1S/C16H20O4/c1-14(2)5-9-10(6-14)20-13(19)16(12(9)18)8-15(3,4)7-11(16)17/h5-8H2,1-4H3. The summed E-state index contributed by atoms with van der Waals surface area (Å²) in [5.74, 6) is -0.707. The van der Waals surface area contributed by atoms with Crippen molar-refractivity contribution in [3.63, 3.8) is 0 Å². The van der Waals surface area contributed by atoms with Gasteiger partial charge in [-0.2, -0.15) is 0 Å². The summed E-state index contributed by atoms with van der Waals surface area (Å²) in [6.45, 7) is 7.92. The Bertz CT molecular complexity index is 579. The molecule has 4 heteroatoms. The smallest absolute Gasteiger partial charge is 0.332 e. The molecule has 0 aromatic carbocycles. The van der Waals surface area contributed by atoms with Gasteiger partial charge >= 0.3 is 5.97 Å². The number of ether oxygens (including phenoxy) is 1. The maximum atomic E-state index is 12.8. The van der Waals surface area contributed by atoms with Crippen LogP contribution in [-0.4, -0.2) is 17.5 Å². The fourth-order valence-corrected chi connectivity index (χ4v) is 3.89. The van der Waals surface area contributed by atoms with E-state index in [2.05, 4.69) is 0 Å². The normalized spacial score (nSPS) is 34.7.